The minimum absolute atomic E-state index is 0.137. The van der Waals surface area contributed by atoms with Crippen LogP contribution in [0, 0.1) is 0 Å². The highest BCUT2D eigenvalue weighted by atomic mass is 32.2. The van der Waals surface area contributed by atoms with Crippen molar-refractivity contribution in [1.29, 1.82) is 0 Å². The first-order valence-electron chi connectivity index (χ1n) is 8.79. The number of carbonyl (C=O) groups excluding carboxylic acids is 2. The minimum atomic E-state index is -0.137. The van der Waals surface area contributed by atoms with Crippen LogP contribution < -0.4 is 0 Å². The first-order valence-corrected chi connectivity index (χ1v) is 9.78. The Balaban J connectivity index is 2.12. The highest BCUT2D eigenvalue weighted by Crippen LogP contribution is 2.29. The van der Waals surface area contributed by atoms with Gasteiger partial charge in [-0.2, -0.15) is 0 Å². The molecule has 0 N–H and O–H groups in total. The third-order valence-corrected chi connectivity index (χ3v) is 5.03. The number of nitrogens with zero attached hydrogens (tertiary/aromatic N) is 5. The van der Waals surface area contributed by atoms with Crippen LogP contribution in [0.25, 0.3) is 22.8 Å². The van der Waals surface area contributed by atoms with E-state index in [2.05, 4.69) is 31.8 Å². The molecule has 0 fully saturated rings. The summed E-state index contributed by atoms with van der Waals surface area (Å²) < 4.78 is 0. The molecule has 0 amide bonds. The number of thioether (sulfide) groups is 1. The van der Waals surface area contributed by atoms with Crippen LogP contribution in [0.5, 0.6) is 0 Å². The highest BCUT2D eigenvalue weighted by Gasteiger charge is 2.13. The topological polar surface area (TPSA) is 98.6 Å². The minimum Gasteiger partial charge on any atom is -0.293 e. The van der Waals surface area contributed by atoms with Crippen molar-refractivity contribution in [1.82, 2.24) is 24.9 Å². The first kappa shape index (κ1) is 19.8. The van der Waals surface area contributed by atoms with Crippen molar-refractivity contribution >= 4 is 23.3 Å². The van der Waals surface area contributed by atoms with Gasteiger partial charge in [-0.3, -0.25) is 9.59 Å². The molecule has 0 aliphatic carbocycles. The fourth-order valence-electron chi connectivity index (χ4n) is 2.45. The monoisotopic (exact) mass is 393 g/mol. The highest BCUT2D eigenvalue weighted by molar-refractivity contribution is 7.99. The van der Waals surface area contributed by atoms with Crippen molar-refractivity contribution in [3.63, 3.8) is 0 Å². The molecule has 8 heteroatoms. The van der Waals surface area contributed by atoms with Gasteiger partial charge < -0.3 is 0 Å². The number of hydrogen-bond donors (Lipinski definition) is 0. The predicted molar refractivity (Wildman–Crippen MR) is 107 cm³/mol. The molecule has 0 saturated heterocycles. The van der Waals surface area contributed by atoms with Crippen molar-refractivity contribution in [2.24, 2.45) is 0 Å². The molecule has 0 aromatic carbocycles. The largest absolute Gasteiger partial charge is 0.293 e. The fraction of sp³-hybridized carbons (Fsp3) is 0.250. The van der Waals surface area contributed by atoms with E-state index in [0.29, 0.717) is 34.2 Å². The maximum absolute atomic E-state index is 11.7. The standard InChI is InChI=1S/C20H19N5O2S/c1-4-5-28-14-6-19(17-8-15(12(2)26)21-10-23-17)25-20(7-14)18-9-16(13(3)27)22-11-24-18/h6-11H,4-5H2,1-3H3. The molecule has 0 spiro atoms. The summed E-state index contributed by atoms with van der Waals surface area (Å²) in [7, 11) is 0. The molecule has 0 aliphatic rings. The van der Waals surface area contributed by atoms with E-state index in [1.54, 1.807) is 23.9 Å². The summed E-state index contributed by atoms with van der Waals surface area (Å²) in [6, 6.07) is 7.12. The zero-order chi connectivity index (χ0) is 20.1. The lowest BCUT2D eigenvalue weighted by Gasteiger charge is -2.09. The van der Waals surface area contributed by atoms with Gasteiger partial charge in [0.1, 0.15) is 24.0 Å². The lowest BCUT2D eigenvalue weighted by Crippen LogP contribution is -2.01. The van der Waals surface area contributed by atoms with Crippen molar-refractivity contribution < 1.29 is 9.59 Å². The van der Waals surface area contributed by atoms with Gasteiger partial charge in [0.15, 0.2) is 11.6 Å². The van der Waals surface area contributed by atoms with Crippen molar-refractivity contribution in [3.05, 3.63) is 48.3 Å². The van der Waals surface area contributed by atoms with Crippen LogP contribution in [0.15, 0.2) is 41.8 Å². The fourth-order valence-corrected chi connectivity index (χ4v) is 3.28. The predicted octanol–water partition coefficient (Wildman–Crippen LogP) is 3.90. The Morgan fingerprint density at radius 3 is 1.71 bits per heavy atom. The van der Waals surface area contributed by atoms with Crippen LogP contribution in [0.1, 0.15) is 48.2 Å². The second kappa shape index (κ2) is 8.79. The molecule has 0 saturated carbocycles. The molecule has 3 heterocycles. The summed E-state index contributed by atoms with van der Waals surface area (Å²) in [5.74, 6) is 0.679. The van der Waals surface area contributed by atoms with E-state index in [4.69, 9.17) is 0 Å². The number of ketones is 2. The van der Waals surface area contributed by atoms with Gasteiger partial charge in [-0.05, 0) is 36.4 Å². The van der Waals surface area contributed by atoms with Gasteiger partial charge in [0.25, 0.3) is 0 Å². The maximum atomic E-state index is 11.7. The van der Waals surface area contributed by atoms with Crippen molar-refractivity contribution in [2.45, 2.75) is 32.1 Å². The average molecular weight is 393 g/mol. The lowest BCUT2D eigenvalue weighted by atomic mass is 10.1. The Kier molecular flexibility index (Phi) is 6.20. The third-order valence-electron chi connectivity index (χ3n) is 3.85. The lowest BCUT2D eigenvalue weighted by molar-refractivity contribution is 0.100. The Morgan fingerprint density at radius 1 is 0.786 bits per heavy atom. The molecular formula is C20H19N5O2S. The SMILES string of the molecule is CCCSc1cc(-c2cc(C(C)=O)ncn2)nc(-c2cc(C(C)=O)ncn2)c1. The Hall–Kier alpha value is -3.00. The molecule has 3 rings (SSSR count). The molecule has 3 aromatic heterocycles. The first-order chi connectivity index (χ1) is 13.5. The molecule has 0 atom stereocenters. The average Bonchev–Trinajstić information content (AvgIpc) is 2.72. The van der Waals surface area contributed by atoms with Crippen molar-refractivity contribution in [2.75, 3.05) is 5.75 Å². The van der Waals surface area contributed by atoms with Gasteiger partial charge >= 0.3 is 0 Å². The zero-order valence-electron chi connectivity index (χ0n) is 15.8. The second-order valence-electron chi connectivity index (χ2n) is 6.11. The van der Waals surface area contributed by atoms with Gasteiger partial charge in [0.05, 0.1) is 22.8 Å². The van der Waals surface area contributed by atoms with Crippen LogP contribution >= 0.6 is 11.8 Å². The molecular weight excluding hydrogens is 374 g/mol. The number of aromatic nitrogens is 5. The van der Waals surface area contributed by atoms with Crippen LogP contribution in [-0.4, -0.2) is 42.2 Å². The van der Waals surface area contributed by atoms with E-state index in [9.17, 15) is 9.59 Å². The Morgan fingerprint density at radius 2 is 1.29 bits per heavy atom. The van der Waals surface area contributed by atoms with Crippen LogP contribution in [-0.2, 0) is 0 Å². The number of pyridine rings is 1. The summed E-state index contributed by atoms with van der Waals surface area (Å²) in [4.78, 5) is 45.5. The van der Waals surface area contributed by atoms with Gasteiger partial charge in [-0.15, -0.1) is 11.8 Å². The molecule has 0 radical (unpaired) electrons. The summed E-state index contributed by atoms with van der Waals surface area (Å²) in [6.07, 6.45) is 3.75. The number of Topliss-reactive ketones (excluding diaryl/α,β-unsaturated/α-hetero) is 2. The summed E-state index contributed by atoms with van der Waals surface area (Å²) >= 11 is 1.70. The van der Waals surface area contributed by atoms with Crippen LogP contribution in [0.2, 0.25) is 0 Å². The molecule has 0 bridgehead atoms. The van der Waals surface area contributed by atoms with Crippen molar-refractivity contribution in [3.8, 4) is 22.8 Å². The second-order valence-corrected chi connectivity index (χ2v) is 7.28. The van der Waals surface area contributed by atoms with E-state index < -0.39 is 0 Å². The van der Waals surface area contributed by atoms with E-state index in [0.717, 1.165) is 17.1 Å². The van der Waals surface area contributed by atoms with E-state index in [-0.39, 0.29) is 11.6 Å². The normalized spacial score (nSPS) is 10.7. The summed E-state index contributed by atoms with van der Waals surface area (Å²) in [5, 5.41) is 0. The smallest absolute Gasteiger partial charge is 0.178 e. The van der Waals surface area contributed by atoms with E-state index in [1.807, 2.05) is 12.1 Å². The third kappa shape index (κ3) is 4.64. The molecule has 7 nitrogen and oxygen atoms in total. The molecule has 28 heavy (non-hydrogen) atoms. The zero-order valence-corrected chi connectivity index (χ0v) is 16.7. The number of hydrogen-bond acceptors (Lipinski definition) is 8. The molecule has 3 aromatic rings. The van der Waals surface area contributed by atoms with Gasteiger partial charge in [-0.25, -0.2) is 24.9 Å². The Labute approximate surface area is 167 Å². The van der Waals surface area contributed by atoms with Crippen LogP contribution in [0.4, 0.5) is 0 Å². The number of carbonyl (C=O) groups is 2. The summed E-state index contributed by atoms with van der Waals surface area (Å²) in [6.45, 7) is 5.04. The molecule has 0 unspecified atom stereocenters. The van der Waals surface area contributed by atoms with E-state index in [1.165, 1.54) is 26.5 Å². The van der Waals surface area contributed by atoms with Gasteiger partial charge in [-0.1, -0.05) is 6.92 Å². The summed E-state index contributed by atoms with van der Waals surface area (Å²) in [5.41, 5.74) is 3.01. The quantitative estimate of drug-likeness (QED) is 0.440. The van der Waals surface area contributed by atoms with E-state index >= 15 is 0 Å². The maximum Gasteiger partial charge on any atom is 0.178 e. The molecule has 142 valence electrons. The van der Waals surface area contributed by atoms with Gasteiger partial charge in [0, 0.05) is 18.7 Å². The number of rotatable bonds is 7. The molecule has 0 aliphatic heterocycles. The van der Waals surface area contributed by atoms with Gasteiger partial charge in [0.2, 0.25) is 0 Å². The van der Waals surface area contributed by atoms with Crippen LogP contribution in [0.3, 0.4) is 0 Å². The Bertz CT molecular complexity index is 963.